The van der Waals surface area contributed by atoms with Gasteiger partial charge in [-0.25, -0.2) is 18.7 Å². The summed E-state index contributed by atoms with van der Waals surface area (Å²) in [6.45, 7) is 3.16. The fraction of sp³-hybridized carbons (Fsp3) is 0.300. The summed E-state index contributed by atoms with van der Waals surface area (Å²) in [5.41, 5.74) is -0.347. The molecule has 5 rings (SSSR count). The predicted molar refractivity (Wildman–Crippen MR) is 104 cm³/mol. The normalized spacial score (nSPS) is 20.5. The Labute approximate surface area is 170 Å². The fourth-order valence-electron chi connectivity index (χ4n) is 3.99. The molecule has 8 nitrogen and oxygen atoms in total. The van der Waals surface area contributed by atoms with E-state index in [1.807, 2.05) is 11.8 Å². The van der Waals surface area contributed by atoms with Gasteiger partial charge in [-0.15, -0.1) is 0 Å². The predicted octanol–water partition coefficient (Wildman–Crippen LogP) is 2.54. The van der Waals surface area contributed by atoms with Gasteiger partial charge in [-0.05, 0) is 18.6 Å². The molecule has 0 spiro atoms. The number of morpholine rings is 1. The van der Waals surface area contributed by atoms with Gasteiger partial charge in [0, 0.05) is 18.9 Å². The highest BCUT2D eigenvalue weighted by atomic mass is 19.2. The summed E-state index contributed by atoms with van der Waals surface area (Å²) in [5, 5.41) is 2.87. The Morgan fingerprint density at radius 1 is 1.30 bits per heavy atom. The van der Waals surface area contributed by atoms with Gasteiger partial charge in [0.05, 0.1) is 25.0 Å². The van der Waals surface area contributed by atoms with Gasteiger partial charge >= 0.3 is 0 Å². The molecular weight excluding hydrogens is 394 g/mol. The lowest BCUT2D eigenvalue weighted by molar-refractivity contribution is -0.125. The number of nitrogens with zero attached hydrogens (tertiary/aromatic N) is 5. The maximum Gasteiger partial charge on any atom is 0.252 e. The van der Waals surface area contributed by atoms with Crippen LogP contribution in [-0.4, -0.2) is 50.7 Å². The molecule has 1 fully saturated rings. The van der Waals surface area contributed by atoms with Crippen molar-refractivity contribution in [2.75, 3.05) is 30.0 Å². The first-order valence-corrected chi connectivity index (χ1v) is 9.57. The van der Waals surface area contributed by atoms with Crippen LogP contribution >= 0.6 is 0 Å². The quantitative estimate of drug-likeness (QED) is 0.712. The Bertz CT molecular complexity index is 1150. The van der Waals surface area contributed by atoms with E-state index in [0.717, 1.165) is 6.07 Å². The fourth-order valence-corrected chi connectivity index (χ4v) is 3.99. The minimum absolute atomic E-state index is 0.00361. The molecular formula is C20H18F2N6O2. The number of benzene rings is 1. The van der Waals surface area contributed by atoms with Crippen LogP contribution < -0.4 is 10.2 Å². The lowest BCUT2D eigenvalue weighted by Gasteiger charge is -2.48. The van der Waals surface area contributed by atoms with Crippen molar-refractivity contribution in [2.24, 2.45) is 0 Å². The minimum atomic E-state index is -0.992. The highest BCUT2D eigenvalue weighted by molar-refractivity contribution is 6.06. The molecule has 0 bridgehead atoms. The maximum absolute atomic E-state index is 14.4. The number of carbonyl (C=O) groups is 1. The number of imidazole rings is 1. The highest BCUT2D eigenvalue weighted by Crippen LogP contribution is 2.39. The Balaban J connectivity index is 1.63. The summed E-state index contributed by atoms with van der Waals surface area (Å²) >= 11 is 0. The maximum atomic E-state index is 14.4. The second-order valence-electron chi connectivity index (χ2n) is 7.17. The number of nitrogens with one attached hydrogen (secondary N) is 1. The standard InChI is InChI=1S/C20H18F2N6O2/c1-2-20-11-30-9-8-28(20)17-14(25-18(20)29)10-24-19(26-17)27-7-6-23-16(27)12-4-3-5-13(21)15(12)22/h3-7,10H,2,8-9,11H2,1H3,(H,25,29). The zero-order chi connectivity index (χ0) is 20.9. The molecule has 1 amide bonds. The third kappa shape index (κ3) is 2.60. The zero-order valence-electron chi connectivity index (χ0n) is 16.1. The van der Waals surface area contributed by atoms with Gasteiger partial charge in [0.15, 0.2) is 17.5 Å². The number of amides is 1. The first-order chi connectivity index (χ1) is 14.5. The molecule has 0 saturated carbocycles. The Morgan fingerprint density at radius 2 is 2.17 bits per heavy atom. The van der Waals surface area contributed by atoms with Gasteiger partial charge in [0.1, 0.15) is 17.1 Å². The first kappa shape index (κ1) is 18.6. The summed E-state index contributed by atoms with van der Waals surface area (Å²) < 4.78 is 35.2. The van der Waals surface area contributed by atoms with Gasteiger partial charge < -0.3 is 15.0 Å². The average Bonchev–Trinajstić information content (AvgIpc) is 3.25. The monoisotopic (exact) mass is 412 g/mol. The number of rotatable bonds is 3. The number of hydrogen-bond acceptors (Lipinski definition) is 6. The van der Waals surface area contributed by atoms with Crippen LogP contribution in [-0.2, 0) is 9.53 Å². The van der Waals surface area contributed by atoms with Gasteiger partial charge in [-0.1, -0.05) is 13.0 Å². The number of ether oxygens (including phenoxy) is 1. The second kappa shape index (κ2) is 6.84. The van der Waals surface area contributed by atoms with Crippen molar-refractivity contribution in [1.82, 2.24) is 19.5 Å². The largest absolute Gasteiger partial charge is 0.377 e. The SMILES string of the molecule is CCC12COCCN1c1nc(-n3ccnc3-c3cccc(F)c3F)ncc1NC2=O. The molecule has 3 aromatic rings. The molecule has 30 heavy (non-hydrogen) atoms. The van der Waals surface area contributed by atoms with E-state index >= 15 is 0 Å². The summed E-state index contributed by atoms with van der Waals surface area (Å²) in [6.07, 6.45) is 5.10. The van der Waals surface area contributed by atoms with E-state index in [2.05, 4.69) is 20.3 Å². The summed E-state index contributed by atoms with van der Waals surface area (Å²) in [7, 11) is 0. The van der Waals surface area contributed by atoms with Crippen molar-refractivity contribution in [3.63, 3.8) is 0 Å². The van der Waals surface area contributed by atoms with Crippen LogP contribution in [0.5, 0.6) is 0 Å². The van der Waals surface area contributed by atoms with E-state index in [-0.39, 0.29) is 29.9 Å². The number of anilines is 2. The number of halogens is 2. The van der Waals surface area contributed by atoms with E-state index in [9.17, 15) is 13.6 Å². The summed E-state index contributed by atoms with van der Waals surface area (Å²) in [5.74, 6) is -1.14. The van der Waals surface area contributed by atoms with Crippen molar-refractivity contribution in [3.8, 4) is 17.3 Å². The molecule has 2 aromatic heterocycles. The Morgan fingerprint density at radius 3 is 3.00 bits per heavy atom. The number of aromatic nitrogens is 4. The van der Waals surface area contributed by atoms with E-state index in [1.54, 1.807) is 6.20 Å². The van der Waals surface area contributed by atoms with E-state index in [4.69, 9.17) is 4.74 Å². The number of carbonyl (C=O) groups excluding carboxylic acids is 1. The van der Waals surface area contributed by atoms with E-state index in [0.29, 0.717) is 31.1 Å². The van der Waals surface area contributed by atoms with E-state index < -0.39 is 17.2 Å². The molecule has 1 unspecified atom stereocenters. The Hall–Kier alpha value is -3.40. The molecule has 154 valence electrons. The smallest absolute Gasteiger partial charge is 0.252 e. The van der Waals surface area contributed by atoms with Crippen LogP contribution in [0.1, 0.15) is 13.3 Å². The van der Waals surface area contributed by atoms with Crippen LogP contribution in [0.4, 0.5) is 20.3 Å². The second-order valence-corrected chi connectivity index (χ2v) is 7.17. The molecule has 1 atom stereocenters. The van der Waals surface area contributed by atoms with Crippen LogP contribution in [0.2, 0.25) is 0 Å². The zero-order valence-corrected chi connectivity index (χ0v) is 16.1. The lowest BCUT2D eigenvalue weighted by Crippen LogP contribution is -2.66. The topological polar surface area (TPSA) is 85.2 Å². The molecule has 1 saturated heterocycles. The molecule has 2 aliphatic heterocycles. The summed E-state index contributed by atoms with van der Waals surface area (Å²) in [6, 6.07) is 3.91. The lowest BCUT2D eigenvalue weighted by atomic mass is 9.90. The first-order valence-electron chi connectivity index (χ1n) is 9.57. The summed E-state index contributed by atoms with van der Waals surface area (Å²) in [4.78, 5) is 27.9. The number of hydrogen-bond donors (Lipinski definition) is 1. The van der Waals surface area contributed by atoms with Gasteiger partial charge in [-0.2, -0.15) is 4.98 Å². The van der Waals surface area contributed by atoms with Crippen LogP contribution in [0.15, 0.2) is 36.8 Å². The highest BCUT2D eigenvalue weighted by Gasteiger charge is 2.49. The van der Waals surface area contributed by atoms with Gasteiger partial charge in [-0.3, -0.25) is 9.36 Å². The molecule has 0 aliphatic carbocycles. The van der Waals surface area contributed by atoms with Gasteiger partial charge in [0.25, 0.3) is 5.91 Å². The van der Waals surface area contributed by atoms with Crippen molar-refractivity contribution >= 4 is 17.4 Å². The van der Waals surface area contributed by atoms with Gasteiger partial charge in [0.2, 0.25) is 5.95 Å². The van der Waals surface area contributed by atoms with Crippen molar-refractivity contribution in [3.05, 3.63) is 48.4 Å². The third-order valence-electron chi connectivity index (χ3n) is 5.63. The van der Waals surface area contributed by atoms with Crippen molar-refractivity contribution in [2.45, 2.75) is 18.9 Å². The molecule has 2 aliphatic rings. The van der Waals surface area contributed by atoms with Crippen molar-refractivity contribution in [1.29, 1.82) is 0 Å². The van der Waals surface area contributed by atoms with Crippen LogP contribution in [0.3, 0.4) is 0 Å². The average molecular weight is 412 g/mol. The molecule has 10 heteroatoms. The molecule has 1 N–H and O–H groups in total. The third-order valence-corrected chi connectivity index (χ3v) is 5.63. The van der Waals surface area contributed by atoms with Crippen LogP contribution in [0, 0.1) is 11.6 Å². The molecule has 1 aromatic carbocycles. The Kier molecular flexibility index (Phi) is 4.24. The molecule has 0 radical (unpaired) electrons. The van der Waals surface area contributed by atoms with Crippen LogP contribution in [0.25, 0.3) is 17.3 Å². The molecule has 4 heterocycles. The number of fused-ring (bicyclic) bond motifs is 3. The minimum Gasteiger partial charge on any atom is -0.377 e. The van der Waals surface area contributed by atoms with Crippen molar-refractivity contribution < 1.29 is 18.3 Å². The van der Waals surface area contributed by atoms with E-state index in [1.165, 1.54) is 29.1 Å².